The van der Waals surface area contributed by atoms with Gasteiger partial charge in [0.2, 0.25) is 0 Å². The van der Waals surface area contributed by atoms with Crippen molar-refractivity contribution in [1.29, 1.82) is 0 Å². The van der Waals surface area contributed by atoms with Crippen molar-refractivity contribution in [2.45, 2.75) is 31.8 Å². The van der Waals surface area contributed by atoms with E-state index >= 15 is 0 Å². The number of fused-ring (bicyclic) bond motifs is 1. The van der Waals surface area contributed by atoms with Crippen molar-refractivity contribution in [3.05, 3.63) is 78.5 Å². The molecule has 136 valence electrons. The summed E-state index contributed by atoms with van der Waals surface area (Å²) in [4.78, 5) is 0.177. The topological polar surface area (TPSA) is 59.3 Å². The van der Waals surface area contributed by atoms with E-state index in [0.717, 1.165) is 5.39 Å². The van der Waals surface area contributed by atoms with Gasteiger partial charge in [-0.1, -0.05) is 63.7 Å². The fraction of sp³-hybridized carbons (Fsp3) is 0.238. The van der Waals surface area contributed by atoms with Crippen LogP contribution in [0.4, 0.5) is 0 Å². The Morgan fingerprint density at radius 1 is 1.04 bits per heavy atom. The summed E-state index contributed by atoms with van der Waals surface area (Å²) in [6, 6.07) is 17.2. The van der Waals surface area contributed by atoms with Gasteiger partial charge in [0, 0.05) is 5.39 Å². The minimum atomic E-state index is -3.86. The van der Waals surface area contributed by atoms with Gasteiger partial charge in [0.05, 0.1) is 16.1 Å². The van der Waals surface area contributed by atoms with Crippen molar-refractivity contribution in [2.75, 3.05) is 0 Å². The number of benzene rings is 2. The molecule has 0 fully saturated rings. The molecule has 1 heterocycles. The van der Waals surface area contributed by atoms with Crippen LogP contribution in [0, 0.1) is 5.41 Å². The maximum absolute atomic E-state index is 13.3. The zero-order chi connectivity index (χ0) is 19.1. The molecule has 1 unspecified atom stereocenters. The SMILES string of the molecule is C=C(C(O)c1cc2ccccc2n1S(=O)(=O)c1ccccc1)C(C)(C)C. The van der Waals surface area contributed by atoms with Gasteiger partial charge in [-0.15, -0.1) is 0 Å². The lowest BCUT2D eigenvalue weighted by Crippen LogP contribution is -2.22. The Bertz CT molecular complexity index is 1060. The summed E-state index contributed by atoms with van der Waals surface area (Å²) < 4.78 is 27.9. The zero-order valence-corrected chi connectivity index (χ0v) is 16.0. The Labute approximate surface area is 154 Å². The third-order valence-corrected chi connectivity index (χ3v) is 6.30. The van der Waals surface area contributed by atoms with Crippen LogP contribution in [0.1, 0.15) is 32.6 Å². The van der Waals surface area contributed by atoms with Crippen molar-refractivity contribution < 1.29 is 13.5 Å². The van der Waals surface area contributed by atoms with E-state index in [0.29, 0.717) is 16.8 Å². The molecule has 0 saturated heterocycles. The molecular weight excluding hydrogens is 346 g/mol. The van der Waals surface area contributed by atoms with E-state index in [2.05, 4.69) is 6.58 Å². The Morgan fingerprint density at radius 2 is 1.62 bits per heavy atom. The van der Waals surface area contributed by atoms with Gasteiger partial charge in [0.25, 0.3) is 10.0 Å². The standard InChI is InChI=1S/C21H23NO3S/c1-15(21(2,3)4)20(23)19-14-16-10-8-9-13-18(16)22(19)26(24,25)17-11-6-5-7-12-17/h5-14,20,23H,1H2,2-4H3. The molecule has 2 aromatic carbocycles. The highest BCUT2D eigenvalue weighted by Gasteiger charge is 2.30. The predicted molar refractivity (Wildman–Crippen MR) is 105 cm³/mol. The normalized spacial score (nSPS) is 13.7. The monoisotopic (exact) mass is 369 g/mol. The molecule has 1 aromatic heterocycles. The van der Waals surface area contributed by atoms with Crippen LogP contribution in [0.3, 0.4) is 0 Å². The molecule has 0 radical (unpaired) electrons. The minimum Gasteiger partial charge on any atom is -0.382 e. The van der Waals surface area contributed by atoms with E-state index in [1.165, 1.54) is 3.97 Å². The van der Waals surface area contributed by atoms with Crippen LogP contribution >= 0.6 is 0 Å². The van der Waals surface area contributed by atoms with E-state index in [-0.39, 0.29) is 10.3 Å². The first-order chi connectivity index (χ1) is 12.1. The van der Waals surface area contributed by atoms with Gasteiger partial charge >= 0.3 is 0 Å². The number of nitrogens with zero attached hydrogens (tertiary/aromatic N) is 1. The molecule has 4 nitrogen and oxygen atoms in total. The average molecular weight is 369 g/mol. The van der Waals surface area contributed by atoms with Crippen molar-refractivity contribution in [3.8, 4) is 0 Å². The molecule has 0 saturated carbocycles. The van der Waals surface area contributed by atoms with Crippen LogP contribution < -0.4 is 0 Å². The van der Waals surface area contributed by atoms with Crippen molar-refractivity contribution in [2.24, 2.45) is 5.41 Å². The molecule has 0 amide bonds. The molecule has 0 aliphatic carbocycles. The molecular formula is C21H23NO3S. The van der Waals surface area contributed by atoms with Crippen LogP contribution in [0.15, 0.2) is 77.7 Å². The summed E-state index contributed by atoms with van der Waals surface area (Å²) in [5.41, 5.74) is 1.03. The van der Waals surface area contributed by atoms with Gasteiger partial charge in [-0.05, 0) is 35.3 Å². The molecule has 0 spiro atoms. The highest BCUT2D eigenvalue weighted by Crippen LogP contribution is 2.37. The summed E-state index contributed by atoms with van der Waals surface area (Å²) in [7, 11) is -3.86. The van der Waals surface area contributed by atoms with Gasteiger partial charge in [-0.3, -0.25) is 0 Å². The minimum absolute atomic E-state index is 0.177. The Kier molecular flexibility index (Phi) is 4.54. The van der Waals surface area contributed by atoms with Gasteiger partial charge in [0.1, 0.15) is 6.10 Å². The first-order valence-electron chi connectivity index (χ1n) is 8.42. The number of aromatic nitrogens is 1. The number of para-hydroxylation sites is 1. The summed E-state index contributed by atoms with van der Waals surface area (Å²) in [6.07, 6.45) is -1.10. The predicted octanol–water partition coefficient (Wildman–Crippen LogP) is 4.51. The van der Waals surface area contributed by atoms with Crippen molar-refractivity contribution in [3.63, 3.8) is 0 Å². The van der Waals surface area contributed by atoms with Crippen LogP contribution in [-0.4, -0.2) is 17.5 Å². The molecule has 3 rings (SSSR count). The summed E-state index contributed by atoms with van der Waals surface area (Å²) in [5, 5.41) is 11.7. The average Bonchev–Trinajstić information content (AvgIpc) is 3.00. The lowest BCUT2D eigenvalue weighted by molar-refractivity contribution is 0.184. The first kappa shape index (κ1) is 18.4. The van der Waals surface area contributed by atoms with Crippen molar-refractivity contribution in [1.82, 2.24) is 3.97 Å². The number of aliphatic hydroxyl groups is 1. The van der Waals surface area contributed by atoms with Crippen molar-refractivity contribution >= 4 is 20.9 Å². The molecule has 5 heteroatoms. The maximum atomic E-state index is 13.3. The molecule has 1 atom stereocenters. The Balaban J connectivity index is 2.29. The number of rotatable bonds is 4. The van der Waals surface area contributed by atoms with E-state index in [1.807, 2.05) is 32.9 Å². The molecule has 0 bridgehead atoms. The number of hydrogen-bond donors (Lipinski definition) is 1. The van der Waals surface area contributed by atoms with Crippen LogP contribution in [0.2, 0.25) is 0 Å². The second-order valence-electron chi connectivity index (χ2n) is 7.39. The van der Waals surface area contributed by atoms with E-state index in [9.17, 15) is 13.5 Å². The fourth-order valence-electron chi connectivity index (χ4n) is 2.90. The van der Waals surface area contributed by atoms with Gasteiger partial charge in [-0.25, -0.2) is 12.4 Å². The molecule has 26 heavy (non-hydrogen) atoms. The molecule has 1 N–H and O–H groups in total. The highest BCUT2D eigenvalue weighted by molar-refractivity contribution is 7.90. The highest BCUT2D eigenvalue weighted by atomic mass is 32.2. The fourth-order valence-corrected chi connectivity index (χ4v) is 4.46. The largest absolute Gasteiger partial charge is 0.382 e. The quantitative estimate of drug-likeness (QED) is 0.688. The summed E-state index contributed by atoms with van der Waals surface area (Å²) in [5.74, 6) is 0. The smallest absolute Gasteiger partial charge is 0.268 e. The summed E-state index contributed by atoms with van der Waals surface area (Å²) in [6.45, 7) is 9.84. The first-order valence-corrected chi connectivity index (χ1v) is 9.86. The molecule has 0 aliphatic heterocycles. The Morgan fingerprint density at radius 3 is 2.23 bits per heavy atom. The third kappa shape index (κ3) is 3.08. The van der Waals surface area contributed by atoms with Gasteiger partial charge < -0.3 is 5.11 Å². The van der Waals surface area contributed by atoms with Crippen LogP contribution in [0.25, 0.3) is 10.9 Å². The zero-order valence-electron chi connectivity index (χ0n) is 15.2. The lowest BCUT2D eigenvalue weighted by atomic mass is 9.83. The Hall–Kier alpha value is -2.37. The van der Waals surface area contributed by atoms with E-state index in [1.54, 1.807) is 48.5 Å². The lowest BCUT2D eigenvalue weighted by Gasteiger charge is -2.27. The van der Waals surface area contributed by atoms with Gasteiger partial charge in [-0.2, -0.15) is 0 Å². The van der Waals surface area contributed by atoms with E-state index in [4.69, 9.17) is 0 Å². The summed E-state index contributed by atoms with van der Waals surface area (Å²) >= 11 is 0. The number of hydrogen-bond acceptors (Lipinski definition) is 3. The number of aliphatic hydroxyl groups excluding tert-OH is 1. The molecule has 3 aromatic rings. The van der Waals surface area contributed by atoms with Gasteiger partial charge in [0.15, 0.2) is 0 Å². The second kappa shape index (κ2) is 6.41. The van der Waals surface area contributed by atoms with Crippen LogP contribution in [-0.2, 0) is 10.0 Å². The third-order valence-electron chi connectivity index (χ3n) is 4.55. The molecule has 0 aliphatic rings. The second-order valence-corrected chi connectivity index (χ2v) is 9.17. The van der Waals surface area contributed by atoms with E-state index < -0.39 is 16.1 Å². The maximum Gasteiger partial charge on any atom is 0.268 e. The van der Waals surface area contributed by atoms with Crippen LogP contribution in [0.5, 0.6) is 0 Å².